The normalized spacial score (nSPS) is 19.2. The SMILES string of the molecule is CC[C@H](c1cc(Br)ccc1Br)N1CCNCC1. The monoisotopic (exact) mass is 360 g/mol. The molecule has 1 aliphatic heterocycles. The minimum atomic E-state index is 0.518. The van der Waals surface area contributed by atoms with Crippen LogP contribution < -0.4 is 5.32 Å². The minimum absolute atomic E-state index is 0.518. The molecule has 0 bridgehead atoms. The van der Waals surface area contributed by atoms with E-state index in [0.717, 1.165) is 37.1 Å². The molecule has 1 aromatic carbocycles. The summed E-state index contributed by atoms with van der Waals surface area (Å²) >= 11 is 7.24. The van der Waals surface area contributed by atoms with E-state index in [1.165, 1.54) is 10.0 Å². The zero-order valence-corrected chi connectivity index (χ0v) is 13.2. The second kappa shape index (κ2) is 6.32. The molecule has 0 amide bonds. The Bertz CT molecular complexity index is 376. The molecule has 0 unspecified atom stereocenters. The zero-order chi connectivity index (χ0) is 12.3. The number of rotatable bonds is 3. The van der Waals surface area contributed by atoms with Gasteiger partial charge in [0.2, 0.25) is 0 Å². The molecule has 0 aromatic heterocycles. The molecule has 2 rings (SSSR count). The molecule has 1 N–H and O–H groups in total. The van der Waals surface area contributed by atoms with Crippen LogP contribution in [0.1, 0.15) is 24.9 Å². The smallest absolute Gasteiger partial charge is 0.0358 e. The minimum Gasteiger partial charge on any atom is -0.314 e. The van der Waals surface area contributed by atoms with E-state index in [-0.39, 0.29) is 0 Å². The van der Waals surface area contributed by atoms with Gasteiger partial charge in [0, 0.05) is 41.2 Å². The first-order chi connectivity index (χ1) is 8.22. The van der Waals surface area contributed by atoms with Crippen LogP contribution >= 0.6 is 31.9 Å². The largest absolute Gasteiger partial charge is 0.314 e. The van der Waals surface area contributed by atoms with Crippen LogP contribution in [-0.4, -0.2) is 31.1 Å². The van der Waals surface area contributed by atoms with Gasteiger partial charge in [-0.15, -0.1) is 0 Å². The average Bonchev–Trinajstić information content (AvgIpc) is 2.36. The molecule has 1 heterocycles. The Kier molecular flexibility index (Phi) is 5.03. The number of nitrogens with zero attached hydrogens (tertiary/aromatic N) is 1. The van der Waals surface area contributed by atoms with Gasteiger partial charge in [-0.25, -0.2) is 0 Å². The van der Waals surface area contributed by atoms with Crippen LogP contribution in [-0.2, 0) is 0 Å². The van der Waals surface area contributed by atoms with Crippen LogP contribution in [0.15, 0.2) is 27.1 Å². The summed E-state index contributed by atoms with van der Waals surface area (Å²) in [6.45, 7) is 6.74. The Hall–Kier alpha value is 0.1000. The van der Waals surface area contributed by atoms with E-state index in [9.17, 15) is 0 Å². The summed E-state index contributed by atoms with van der Waals surface area (Å²) in [5, 5.41) is 3.41. The molecule has 94 valence electrons. The summed E-state index contributed by atoms with van der Waals surface area (Å²) in [6, 6.07) is 6.96. The van der Waals surface area contributed by atoms with Crippen molar-refractivity contribution in [3.05, 3.63) is 32.7 Å². The van der Waals surface area contributed by atoms with Crippen LogP contribution in [0.25, 0.3) is 0 Å². The summed E-state index contributed by atoms with van der Waals surface area (Å²) in [5.74, 6) is 0. The topological polar surface area (TPSA) is 15.3 Å². The predicted octanol–water partition coefficient (Wildman–Crippen LogP) is 3.57. The Morgan fingerprint density at radius 1 is 1.29 bits per heavy atom. The third-order valence-electron chi connectivity index (χ3n) is 3.30. The van der Waals surface area contributed by atoms with E-state index >= 15 is 0 Å². The van der Waals surface area contributed by atoms with Crippen molar-refractivity contribution in [2.45, 2.75) is 19.4 Å². The number of nitrogens with one attached hydrogen (secondary N) is 1. The van der Waals surface area contributed by atoms with Gasteiger partial charge in [-0.1, -0.05) is 38.8 Å². The summed E-state index contributed by atoms with van der Waals surface area (Å²) in [6.07, 6.45) is 1.15. The van der Waals surface area contributed by atoms with Gasteiger partial charge >= 0.3 is 0 Å². The van der Waals surface area contributed by atoms with Crippen LogP contribution in [0.2, 0.25) is 0 Å². The van der Waals surface area contributed by atoms with Gasteiger partial charge in [0.25, 0.3) is 0 Å². The molecule has 1 atom stereocenters. The molecule has 0 saturated carbocycles. The Balaban J connectivity index is 2.24. The van der Waals surface area contributed by atoms with Gasteiger partial charge in [-0.3, -0.25) is 4.90 Å². The highest BCUT2D eigenvalue weighted by Crippen LogP contribution is 2.32. The Labute approximate surface area is 120 Å². The highest BCUT2D eigenvalue weighted by atomic mass is 79.9. The Morgan fingerprint density at radius 3 is 2.65 bits per heavy atom. The van der Waals surface area contributed by atoms with Crippen LogP contribution in [0.3, 0.4) is 0 Å². The van der Waals surface area contributed by atoms with Crippen molar-refractivity contribution >= 4 is 31.9 Å². The molecule has 17 heavy (non-hydrogen) atoms. The summed E-state index contributed by atoms with van der Waals surface area (Å²) < 4.78 is 2.37. The van der Waals surface area contributed by atoms with Gasteiger partial charge in [-0.05, 0) is 30.2 Å². The number of hydrogen-bond acceptors (Lipinski definition) is 2. The van der Waals surface area contributed by atoms with Crippen molar-refractivity contribution in [2.24, 2.45) is 0 Å². The first-order valence-corrected chi connectivity index (χ1v) is 7.70. The van der Waals surface area contributed by atoms with E-state index in [2.05, 4.69) is 67.2 Å². The van der Waals surface area contributed by atoms with Gasteiger partial charge in [0.05, 0.1) is 0 Å². The first-order valence-electron chi connectivity index (χ1n) is 6.12. The predicted molar refractivity (Wildman–Crippen MR) is 79.3 cm³/mol. The fraction of sp³-hybridized carbons (Fsp3) is 0.538. The molecule has 1 fully saturated rings. The highest BCUT2D eigenvalue weighted by molar-refractivity contribution is 9.11. The quantitative estimate of drug-likeness (QED) is 0.885. The lowest BCUT2D eigenvalue weighted by atomic mass is 10.0. The van der Waals surface area contributed by atoms with Crippen molar-refractivity contribution in [1.82, 2.24) is 10.2 Å². The molecule has 1 aromatic rings. The number of halogens is 2. The summed E-state index contributed by atoms with van der Waals surface area (Å²) in [5.41, 5.74) is 1.39. The van der Waals surface area contributed by atoms with Gasteiger partial charge in [-0.2, -0.15) is 0 Å². The molecular weight excluding hydrogens is 344 g/mol. The van der Waals surface area contributed by atoms with Crippen molar-refractivity contribution in [2.75, 3.05) is 26.2 Å². The maximum atomic E-state index is 3.68. The van der Waals surface area contributed by atoms with E-state index in [1.807, 2.05) is 0 Å². The van der Waals surface area contributed by atoms with E-state index < -0.39 is 0 Å². The number of piperazine rings is 1. The fourth-order valence-corrected chi connectivity index (χ4v) is 3.33. The lowest BCUT2D eigenvalue weighted by Gasteiger charge is -2.35. The van der Waals surface area contributed by atoms with Crippen molar-refractivity contribution in [3.8, 4) is 0 Å². The van der Waals surface area contributed by atoms with Crippen LogP contribution in [0, 0.1) is 0 Å². The van der Waals surface area contributed by atoms with Crippen molar-refractivity contribution < 1.29 is 0 Å². The Morgan fingerprint density at radius 2 is 2.00 bits per heavy atom. The zero-order valence-electron chi connectivity index (χ0n) is 10.0. The first kappa shape index (κ1) is 13.5. The number of hydrogen-bond donors (Lipinski definition) is 1. The third kappa shape index (κ3) is 3.31. The molecular formula is C13H18Br2N2. The van der Waals surface area contributed by atoms with E-state index in [1.54, 1.807) is 0 Å². The summed E-state index contributed by atoms with van der Waals surface area (Å²) in [4.78, 5) is 2.57. The lowest BCUT2D eigenvalue weighted by molar-refractivity contribution is 0.169. The highest BCUT2D eigenvalue weighted by Gasteiger charge is 2.22. The summed E-state index contributed by atoms with van der Waals surface area (Å²) in [7, 11) is 0. The number of benzene rings is 1. The van der Waals surface area contributed by atoms with Crippen molar-refractivity contribution in [1.29, 1.82) is 0 Å². The van der Waals surface area contributed by atoms with E-state index in [0.29, 0.717) is 6.04 Å². The fourth-order valence-electron chi connectivity index (χ4n) is 2.44. The molecule has 0 radical (unpaired) electrons. The molecule has 0 aliphatic carbocycles. The molecule has 2 nitrogen and oxygen atoms in total. The average molecular weight is 362 g/mol. The van der Waals surface area contributed by atoms with Gasteiger partial charge in [0.1, 0.15) is 0 Å². The molecule has 1 saturated heterocycles. The van der Waals surface area contributed by atoms with Crippen LogP contribution in [0.4, 0.5) is 0 Å². The standard InChI is InChI=1S/C13H18Br2N2/c1-2-13(17-7-5-16-6-8-17)11-9-10(14)3-4-12(11)15/h3-4,9,13,16H,2,5-8H2,1H3/t13-/m1/s1. The third-order valence-corrected chi connectivity index (χ3v) is 4.51. The maximum Gasteiger partial charge on any atom is 0.0358 e. The molecule has 4 heteroatoms. The lowest BCUT2D eigenvalue weighted by Crippen LogP contribution is -2.45. The second-order valence-electron chi connectivity index (χ2n) is 4.38. The van der Waals surface area contributed by atoms with Gasteiger partial charge < -0.3 is 5.32 Å². The molecule has 1 aliphatic rings. The van der Waals surface area contributed by atoms with Crippen molar-refractivity contribution in [3.63, 3.8) is 0 Å². The molecule has 0 spiro atoms. The second-order valence-corrected chi connectivity index (χ2v) is 6.15. The van der Waals surface area contributed by atoms with E-state index in [4.69, 9.17) is 0 Å². The van der Waals surface area contributed by atoms with Crippen LogP contribution in [0.5, 0.6) is 0 Å². The van der Waals surface area contributed by atoms with Gasteiger partial charge in [0.15, 0.2) is 0 Å². The maximum absolute atomic E-state index is 3.68.